The Labute approximate surface area is 300 Å². The van der Waals surface area contributed by atoms with E-state index in [1.54, 1.807) is 18.6 Å². The molecular weight excluding hydrogens is 779 g/mol. The van der Waals surface area contributed by atoms with Crippen molar-refractivity contribution in [2.45, 2.75) is 20.8 Å². The van der Waals surface area contributed by atoms with Crippen molar-refractivity contribution in [3.8, 4) is 56.1 Å². The summed E-state index contributed by atoms with van der Waals surface area (Å²) in [4.78, 5) is 13.0. The summed E-state index contributed by atoms with van der Waals surface area (Å²) in [6.45, 7) is 6.36. The van der Waals surface area contributed by atoms with Gasteiger partial charge in [-0.05, 0) is 73.3 Å². The fraction of sp³-hybridized carbons (Fsp3) is 0.0682. The second kappa shape index (κ2) is 15.2. The molecular formula is C44H33IrN3O-2. The number of benzene rings is 4. The normalized spacial score (nSPS) is 10.6. The van der Waals surface area contributed by atoms with Gasteiger partial charge in [-0.1, -0.05) is 83.3 Å². The van der Waals surface area contributed by atoms with Gasteiger partial charge in [-0.3, -0.25) is 4.98 Å². The van der Waals surface area contributed by atoms with Crippen LogP contribution in [-0.4, -0.2) is 15.0 Å². The zero-order valence-electron chi connectivity index (χ0n) is 27.4. The Morgan fingerprint density at radius 3 is 2.14 bits per heavy atom. The van der Waals surface area contributed by atoms with Crippen LogP contribution in [0.3, 0.4) is 0 Å². The van der Waals surface area contributed by atoms with Gasteiger partial charge in [-0.2, -0.15) is 0 Å². The number of pyridine rings is 3. The van der Waals surface area contributed by atoms with Gasteiger partial charge in [0.25, 0.3) is 0 Å². The fourth-order valence-electron chi connectivity index (χ4n) is 5.88. The average Bonchev–Trinajstić information content (AvgIpc) is 3.57. The number of hydrogen-bond acceptors (Lipinski definition) is 4. The molecule has 5 heteroatoms. The third kappa shape index (κ3) is 7.65. The van der Waals surface area contributed by atoms with Crippen LogP contribution < -0.4 is 0 Å². The van der Waals surface area contributed by atoms with Crippen molar-refractivity contribution in [1.29, 1.82) is 0 Å². The summed E-state index contributed by atoms with van der Waals surface area (Å²) in [7, 11) is 0. The molecule has 0 saturated carbocycles. The van der Waals surface area contributed by atoms with E-state index in [9.17, 15) is 0 Å². The Hall–Kier alpha value is -5.48. The van der Waals surface area contributed by atoms with Crippen molar-refractivity contribution in [3.63, 3.8) is 0 Å². The molecule has 4 aromatic heterocycles. The van der Waals surface area contributed by atoms with Crippen molar-refractivity contribution < 1.29 is 24.5 Å². The van der Waals surface area contributed by atoms with Crippen LogP contribution in [0.15, 0.2) is 151 Å². The van der Waals surface area contributed by atoms with Crippen molar-refractivity contribution in [2.24, 2.45) is 0 Å². The second-order valence-electron chi connectivity index (χ2n) is 11.8. The first-order chi connectivity index (χ1) is 23.5. The minimum atomic E-state index is 0. The third-order valence-electron chi connectivity index (χ3n) is 8.20. The number of rotatable bonds is 5. The van der Waals surface area contributed by atoms with Gasteiger partial charge in [-0.25, -0.2) is 0 Å². The molecule has 0 spiro atoms. The van der Waals surface area contributed by atoms with E-state index in [4.69, 9.17) is 4.42 Å². The van der Waals surface area contributed by atoms with Gasteiger partial charge in [0, 0.05) is 55.8 Å². The van der Waals surface area contributed by atoms with Gasteiger partial charge in [0.05, 0.1) is 0 Å². The summed E-state index contributed by atoms with van der Waals surface area (Å²) < 4.78 is 6.16. The van der Waals surface area contributed by atoms with E-state index in [1.165, 1.54) is 22.3 Å². The summed E-state index contributed by atoms with van der Waals surface area (Å²) in [5.41, 5.74) is 14.0. The van der Waals surface area contributed by atoms with Crippen LogP contribution >= 0.6 is 0 Å². The Morgan fingerprint density at radius 1 is 0.571 bits per heavy atom. The molecule has 0 aliphatic carbocycles. The van der Waals surface area contributed by atoms with Crippen LogP contribution in [-0.2, 0) is 20.1 Å². The first kappa shape index (κ1) is 33.4. The molecule has 8 aromatic rings. The number of nitrogens with zero attached hydrogens (tertiary/aromatic N) is 3. The molecule has 4 heterocycles. The van der Waals surface area contributed by atoms with Crippen molar-refractivity contribution in [3.05, 3.63) is 175 Å². The molecule has 0 saturated heterocycles. The molecule has 0 fully saturated rings. The van der Waals surface area contributed by atoms with E-state index in [0.29, 0.717) is 0 Å². The van der Waals surface area contributed by atoms with E-state index in [0.717, 1.165) is 61.5 Å². The fourth-order valence-corrected chi connectivity index (χ4v) is 5.88. The van der Waals surface area contributed by atoms with Crippen LogP contribution in [0.25, 0.3) is 67.1 Å². The summed E-state index contributed by atoms with van der Waals surface area (Å²) in [6.07, 6.45) is 7.22. The molecule has 0 aliphatic heterocycles. The topological polar surface area (TPSA) is 51.8 Å². The summed E-state index contributed by atoms with van der Waals surface area (Å²) in [5.74, 6) is 0.839. The predicted molar refractivity (Wildman–Crippen MR) is 195 cm³/mol. The monoisotopic (exact) mass is 812 g/mol. The number of aryl methyl sites for hydroxylation is 3. The van der Waals surface area contributed by atoms with Gasteiger partial charge >= 0.3 is 0 Å². The molecule has 49 heavy (non-hydrogen) atoms. The van der Waals surface area contributed by atoms with E-state index >= 15 is 0 Å². The smallest absolute Gasteiger partial charge is 0.135 e. The molecule has 241 valence electrons. The summed E-state index contributed by atoms with van der Waals surface area (Å²) >= 11 is 0. The van der Waals surface area contributed by atoms with E-state index < -0.39 is 0 Å². The van der Waals surface area contributed by atoms with Crippen LogP contribution in [0.4, 0.5) is 0 Å². The van der Waals surface area contributed by atoms with Gasteiger partial charge in [0.15, 0.2) is 0 Å². The summed E-state index contributed by atoms with van der Waals surface area (Å²) in [5, 5.41) is 1.07. The van der Waals surface area contributed by atoms with Crippen LogP contribution in [0.5, 0.6) is 0 Å². The molecule has 4 nitrogen and oxygen atoms in total. The van der Waals surface area contributed by atoms with Crippen molar-refractivity contribution in [2.75, 3.05) is 0 Å². The standard InChI is InChI=1S/C33H25N2O.C11H8N.Ir/c1-21-5-4-6-26(15-21)33-23(3)17-27(30-16-22(2)9-14-35-30)19-29(33)25-7-8-31-28(18-25)20-32(36-31)24-10-12-34-13-11-24;1-2-6-10(7-3-1)11-8-4-5-9-12-11;/h4-16,18-20H,1-3H3;1-6,8-9H;/q2*-1;. The van der Waals surface area contributed by atoms with E-state index in [1.807, 2.05) is 66.9 Å². The van der Waals surface area contributed by atoms with Crippen molar-refractivity contribution >= 4 is 11.0 Å². The first-order valence-electron chi connectivity index (χ1n) is 15.9. The minimum absolute atomic E-state index is 0. The first-order valence-corrected chi connectivity index (χ1v) is 15.9. The Balaban J connectivity index is 0.000000270. The molecule has 0 bridgehead atoms. The van der Waals surface area contributed by atoms with E-state index in [-0.39, 0.29) is 20.1 Å². The Kier molecular flexibility index (Phi) is 10.3. The van der Waals surface area contributed by atoms with Gasteiger partial charge < -0.3 is 14.4 Å². The molecule has 0 aliphatic rings. The molecule has 0 unspecified atom stereocenters. The molecule has 1 radical (unpaired) electrons. The number of furan rings is 1. The molecule has 0 amide bonds. The summed E-state index contributed by atoms with van der Waals surface area (Å²) in [6, 6.07) is 47.9. The Bertz CT molecular complexity index is 2280. The van der Waals surface area contributed by atoms with Gasteiger partial charge in [0.1, 0.15) is 11.3 Å². The van der Waals surface area contributed by atoms with Crippen LogP contribution in [0.2, 0.25) is 0 Å². The number of hydrogen-bond donors (Lipinski definition) is 0. The minimum Gasteiger partial charge on any atom is -0.456 e. The molecule has 0 atom stereocenters. The molecule has 0 N–H and O–H groups in total. The average molecular weight is 812 g/mol. The maximum atomic E-state index is 6.16. The Morgan fingerprint density at radius 2 is 1.39 bits per heavy atom. The zero-order valence-corrected chi connectivity index (χ0v) is 29.8. The van der Waals surface area contributed by atoms with Crippen LogP contribution in [0.1, 0.15) is 16.7 Å². The predicted octanol–water partition coefficient (Wildman–Crippen LogP) is 11.2. The number of aromatic nitrogens is 3. The quantitative estimate of drug-likeness (QED) is 0.163. The van der Waals surface area contributed by atoms with Crippen LogP contribution in [0, 0.1) is 32.9 Å². The number of fused-ring (bicyclic) bond motifs is 1. The van der Waals surface area contributed by atoms with Gasteiger partial charge in [-0.15, -0.1) is 59.2 Å². The van der Waals surface area contributed by atoms with Crippen molar-refractivity contribution in [1.82, 2.24) is 15.0 Å². The largest absolute Gasteiger partial charge is 0.456 e. The third-order valence-corrected chi connectivity index (χ3v) is 8.20. The zero-order chi connectivity index (χ0) is 32.9. The maximum Gasteiger partial charge on any atom is 0.135 e. The van der Waals surface area contributed by atoms with E-state index in [2.05, 4.69) is 109 Å². The van der Waals surface area contributed by atoms with Gasteiger partial charge in [0.2, 0.25) is 0 Å². The molecule has 8 rings (SSSR count). The molecule has 4 aromatic carbocycles. The SMILES string of the molecule is Cc1cccc(-c2c(C)[c-]c(-c3cc(C)ccn3)cc2-c2ccc3oc(-c4ccncc4)cc3c2)c1.[Ir].[c-]1ccccc1-c1ccccn1. The maximum absolute atomic E-state index is 6.16. The second-order valence-corrected chi connectivity index (χ2v) is 11.8.